The molecule has 1 N–H and O–H groups in total. The van der Waals surface area contributed by atoms with Crippen molar-refractivity contribution in [3.8, 4) is 22.2 Å². The van der Waals surface area contributed by atoms with E-state index in [0.717, 1.165) is 11.1 Å². The largest absolute Gasteiger partial charge is 0.482 e. The molecule has 1 aliphatic rings. The van der Waals surface area contributed by atoms with Gasteiger partial charge in [-0.25, -0.2) is 34.1 Å². The average Bonchev–Trinajstić information content (AvgIpc) is 3.40. The molecule has 0 radical (unpaired) electrons. The fourth-order valence-corrected chi connectivity index (χ4v) is 5.97. The van der Waals surface area contributed by atoms with Crippen molar-refractivity contribution in [3.63, 3.8) is 0 Å². The number of aromatic nitrogens is 5. The molecular weight excluding hydrogens is 589 g/mol. The summed E-state index contributed by atoms with van der Waals surface area (Å²) in [5, 5.41) is 3.23. The number of methoxy groups -OCH3 is 1. The summed E-state index contributed by atoms with van der Waals surface area (Å²) in [4.78, 5) is 48.3. The normalized spacial score (nSPS) is 16.6. The molecule has 1 fully saturated rings. The number of hydrogen-bond donors (Lipinski definition) is 1. The Balaban J connectivity index is 1.27. The highest BCUT2D eigenvalue weighted by atomic mass is 32.1. The van der Waals surface area contributed by atoms with Crippen molar-refractivity contribution < 1.29 is 28.2 Å². The first kappa shape index (κ1) is 29.1. The quantitative estimate of drug-likeness (QED) is 0.274. The lowest BCUT2D eigenvalue weighted by molar-refractivity contribution is -0.134. The number of carbonyl (C=O) groups excluding carboxylic acids is 2. The summed E-state index contributed by atoms with van der Waals surface area (Å²) < 4.78 is 33.1. The van der Waals surface area contributed by atoms with Crippen LogP contribution < -0.4 is 14.8 Å². The van der Waals surface area contributed by atoms with Crippen LogP contribution in [-0.4, -0.2) is 74.2 Å². The molecule has 2 amide bonds. The van der Waals surface area contributed by atoms with Crippen LogP contribution >= 0.6 is 11.3 Å². The summed E-state index contributed by atoms with van der Waals surface area (Å²) in [6, 6.07) is 6.76. The maximum Gasteiger partial charge on any atom is 0.412 e. The molecule has 0 saturated carbocycles. The summed E-state index contributed by atoms with van der Waals surface area (Å²) in [6.07, 6.45) is 2.47. The summed E-state index contributed by atoms with van der Waals surface area (Å²) in [5.41, 5.74) is 3.85. The van der Waals surface area contributed by atoms with Gasteiger partial charge in [-0.05, 0) is 31.5 Å². The molecule has 1 aliphatic heterocycles. The second-order valence-corrected chi connectivity index (χ2v) is 11.4. The van der Waals surface area contributed by atoms with Crippen molar-refractivity contribution in [2.24, 2.45) is 0 Å². The van der Waals surface area contributed by atoms with Gasteiger partial charge in [0.2, 0.25) is 11.8 Å². The topological polar surface area (TPSA) is 142 Å². The second-order valence-electron chi connectivity index (χ2n) is 10.4. The number of fused-ring (bicyclic) bond motifs is 2. The van der Waals surface area contributed by atoms with Crippen molar-refractivity contribution in [1.82, 2.24) is 29.8 Å². The molecule has 2 aromatic carbocycles. The first-order chi connectivity index (χ1) is 21.2. The average molecular weight is 618 g/mol. The number of nitrogens with one attached hydrogen (secondary N) is 1. The van der Waals surface area contributed by atoms with Crippen LogP contribution in [0.4, 0.5) is 14.9 Å². The molecule has 12 nitrogen and oxygen atoms in total. The van der Waals surface area contributed by atoms with Crippen molar-refractivity contribution in [2.75, 3.05) is 25.5 Å². The fourth-order valence-electron chi connectivity index (χ4n) is 4.98. The summed E-state index contributed by atoms with van der Waals surface area (Å²) in [6.45, 7) is 5.60. The molecular formula is C30H28FN7O5S. The van der Waals surface area contributed by atoms with Gasteiger partial charge in [0.1, 0.15) is 16.9 Å². The Bertz CT molecular complexity index is 1880. The van der Waals surface area contributed by atoms with Gasteiger partial charge in [-0.2, -0.15) is 0 Å². The number of thiazole rings is 1. The Morgan fingerprint density at radius 1 is 1.02 bits per heavy atom. The van der Waals surface area contributed by atoms with Crippen molar-refractivity contribution >= 4 is 50.3 Å². The first-order valence-electron chi connectivity index (χ1n) is 13.8. The Labute approximate surface area is 255 Å². The maximum atomic E-state index is 15.4. The Morgan fingerprint density at radius 2 is 1.82 bits per heavy atom. The van der Waals surface area contributed by atoms with E-state index in [9.17, 15) is 9.59 Å². The molecule has 2 atom stereocenters. The zero-order chi connectivity index (χ0) is 31.0. The number of rotatable bonds is 6. The van der Waals surface area contributed by atoms with E-state index >= 15 is 4.39 Å². The highest BCUT2D eigenvalue weighted by molar-refractivity contribution is 7.21. The van der Waals surface area contributed by atoms with E-state index < -0.39 is 24.1 Å². The lowest BCUT2D eigenvalue weighted by atomic mass is 10.0. The van der Waals surface area contributed by atoms with Gasteiger partial charge in [0.05, 0.1) is 59.2 Å². The van der Waals surface area contributed by atoms with Crippen LogP contribution in [0.25, 0.3) is 31.8 Å². The number of amides is 2. The Kier molecular flexibility index (Phi) is 7.91. The number of nitrogens with zero attached hydrogens (tertiary/aromatic N) is 6. The predicted octanol–water partition coefficient (Wildman–Crippen LogP) is 5.08. The standard InChI is InChI=1S/C30H28FN7O5S/c1-15-7-19(28-22(8-15)36-27(41-4)13-34-28)29-37-21-9-20(31)24(10-26(21)44-29)42-25-14-38(17(3)39)6-5-23(25)43-30(40)35-18-11-32-16(2)33-12-18/h7-13,23,25H,5-6,14H2,1-4H3,(H,35,40). The van der Waals surface area contributed by atoms with Gasteiger partial charge in [-0.1, -0.05) is 0 Å². The van der Waals surface area contributed by atoms with Gasteiger partial charge in [0, 0.05) is 37.6 Å². The van der Waals surface area contributed by atoms with E-state index in [4.69, 9.17) is 14.2 Å². The molecule has 226 valence electrons. The lowest BCUT2D eigenvalue weighted by Gasteiger charge is -2.37. The minimum Gasteiger partial charge on any atom is -0.482 e. The van der Waals surface area contributed by atoms with Crippen LogP contribution in [0.5, 0.6) is 11.6 Å². The van der Waals surface area contributed by atoms with Crippen molar-refractivity contribution in [3.05, 3.63) is 60.1 Å². The van der Waals surface area contributed by atoms with Gasteiger partial charge in [-0.3, -0.25) is 10.1 Å². The maximum absolute atomic E-state index is 15.4. The van der Waals surface area contributed by atoms with Gasteiger partial charge < -0.3 is 19.1 Å². The lowest BCUT2D eigenvalue weighted by Crippen LogP contribution is -2.52. The summed E-state index contributed by atoms with van der Waals surface area (Å²) in [7, 11) is 1.53. The van der Waals surface area contributed by atoms with Crippen LogP contribution in [-0.2, 0) is 9.53 Å². The van der Waals surface area contributed by atoms with E-state index in [1.807, 2.05) is 19.1 Å². The SMILES string of the molecule is COc1cnc2c(-c3nc4cc(F)c(OC5CN(C(C)=O)CCC5OC(=O)Nc5cnc(C)nc5)cc4s3)cc(C)cc2n1. The molecule has 14 heteroatoms. The number of anilines is 1. The van der Waals surface area contributed by atoms with Gasteiger partial charge in [0.25, 0.3) is 0 Å². The van der Waals surface area contributed by atoms with Crippen molar-refractivity contribution in [1.29, 1.82) is 0 Å². The first-order valence-corrected chi connectivity index (χ1v) is 14.6. The van der Waals surface area contributed by atoms with Crippen LogP contribution in [0.3, 0.4) is 0 Å². The van der Waals surface area contributed by atoms with E-state index in [2.05, 4.69) is 30.2 Å². The monoisotopic (exact) mass is 617 g/mol. The fraction of sp³-hybridized carbons (Fsp3) is 0.300. The third-order valence-corrected chi connectivity index (χ3v) is 8.21. The summed E-state index contributed by atoms with van der Waals surface area (Å²) >= 11 is 1.36. The molecule has 1 saturated heterocycles. The smallest absolute Gasteiger partial charge is 0.412 e. The number of carbonyl (C=O) groups is 2. The zero-order valence-electron chi connectivity index (χ0n) is 24.3. The molecule has 5 aromatic rings. The number of likely N-dealkylation sites (tertiary alicyclic amines) is 1. The Hall–Kier alpha value is -4.98. The van der Waals surface area contributed by atoms with Crippen LogP contribution in [0.15, 0.2) is 42.9 Å². The molecule has 6 rings (SSSR count). The van der Waals surface area contributed by atoms with E-state index in [1.165, 1.54) is 43.8 Å². The Morgan fingerprint density at radius 3 is 2.57 bits per heavy atom. The number of benzene rings is 2. The minimum absolute atomic E-state index is 0.0392. The third-order valence-electron chi connectivity index (χ3n) is 7.16. The molecule has 4 heterocycles. The van der Waals surface area contributed by atoms with E-state index in [1.54, 1.807) is 24.1 Å². The zero-order valence-corrected chi connectivity index (χ0v) is 25.1. The summed E-state index contributed by atoms with van der Waals surface area (Å²) in [5.74, 6) is 0.128. The van der Waals surface area contributed by atoms with E-state index in [-0.39, 0.29) is 18.2 Å². The number of hydrogen-bond acceptors (Lipinski definition) is 11. The van der Waals surface area contributed by atoms with Crippen LogP contribution in [0, 0.1) is 19.7 Å². The highest BCUT2D eigenvalue weighted by Gasteiger charge is 2.35. The van der Waals surface area contributed by atoms with Crippen molar-refractivity contribution in [2.45, 2.75) is 39.4 Å². The minimum atomic E-state index is -0.821. The molecule has 0 bridgehead atoms. The molecule has 0 aliphatic carbocycles. The molecule has 0 spiro atoms. The van der Waals surface area contributed by atoms with Gasteiger partial charge >= 0.3 is 6.09 Å². The molecule has 2 unspecified atom stereocenters. The molecule has 44 heavy (non-hydrogen) atoms. The predicted molar refractivity (Wildman–Crippen MR) is 161 cm³/mol. The second kappa shape index (κ2) is 12.0. The van der Waals surface area contributed by atoms with Gasteiger partial charge in [-0.15, -0.1) is 11.3 Å². The number of piperidine rings is 1. The van der Waals surface area contributed by atoms with Gasteiger partial charge in [0.15, 0.2) is 17.7 Å². The van der Waals surface area contributed by atoms with E-state index in [0.29, 0.717) is 56.6 Å². The van der Waals surface area contributed by atoms with Crippen LogP contribution in [0.1, 0.15) is 24.7 Å². The highest BCUT2D eigenvalue weighted by Crippen LogP contribution is 2.37. The van der Waals surface area contributed by atoms with Crippen LogP contribution in [0.2, 0.25) is 0 Å². The molecule has 3 aromatic heterocycles. The number of aryl methyl sites for hydroxylation is 2. The number of halogens is 1. The third kappa shape index (κ3) is 6.06. The number of ether oxygens (including phenoxy) is 3.